The minimum absolute atomic E-state index is 0.278. The number of ether oxygens (including phenoxy) is 1. The minimum Gasteiger partial charge on any atom is -0.465 e. The number of benzene rings is 1. The first-order valence-corrected chi connectivity index (χ1v) is 6.59. The second-order valence-corrected chi connectivity index (χ2v) is 4.94. The van der Waals surface area contributed by atoms with Gasteiger partial charge in [0.25, 0.3) is 0 Å². The molecule has 0 bridgehead atoms. The number of anilines is 1. The number of hydrogen-bond donors (Lipinski definition) is 1. The van der Waals surface area contributed by atoms with Crippen LogP contribution in [0.3, 0.4) is 0 Å². The molecule has 1 atom stereocenters. The first-order valence-electron chi connectivity index (χ1n) is 6.59. The van der Waals surface area contributed by atoms with Crippen LogP contribution in [0.25, 0.3) is 10.9 Å². The fraction of sp³-hybridized carbons (Fsp3) is 0.333. The number of aliphatic hydroxyl groups excluding tert-OH is 1. The van der Waals surface area contributed by atoms with Crippen molar-refractivity contribution in [3.8, 4) is 0 Å². The summed E-state index contributed by atoms with van der Waals surface area (Å²) in [6.45, 7) is 1.44. The van der Waals surface area contributed by atoms with Crippen molar-refractivity contribution in [2.24, 2.45) is 0 Å². The molecule has 1 aromatic carbocycles. The van der Waals surface area contributed by atoms with Crippen molar-refractivity contribution in [1.82, 2.24) is 4.98 Å². The molecule has 0 spiro atoms. The van der Waals surface area contributed by atoms with E-state index in [1.807, 2.05) is 18.2 Å². The number of rotatable bonds is 2. The number of aliphatic hydroxyl groups is 1. The van der Waals surface area contributed by atoms with Crippen molar-refractivity contribution >= 4 is 22.6 Å². The van der Waals surface area contributed by atoms with Crippen LogP contribution in [-0.4, -0.2) is 42.4 Å². The van der Waals surface area contributed by atoms with Crippen molar-refractivity contribution in [2.45, 2.75) is 12.5 Å². The summed E-state index contributed by atoms with van der Waals surface area (Å²) in [6, 6.07) is 7.46. The number of carbonyl (C=O) groups is 1. The Hall–Kier alpha value is -2.14. The molecular formula is C15H16N2O3. The lowest BCUT2D eigenvalue weighted by Gasteiger charge is -2.18. The van der Waals surface area contributed by atoms with E-state index in [1.54, 1.807) is 12.3 Å². The molecule has 104 valence electrons. The van der Waals surface area contributed by atoms with Crippen molar-refractivity contribution < 1.29 is 14.6 Å². The topological polar surface area (TPSA) is 62.7 Å². The van der Waals surface area contributed by atoms with Gasteiger partial charge in [0.2, 0.25) is 0 Å². The molecular weight excluding hydrogens is 256 g/mol. The number of methoxy groups -OCH3 is 1. The number of pyridine rings is 1. The normalized spacial score (nSPS) is 18.5. The largest absolute Gasteiger partial charge is 0.465 e. The van der Waals surface area contributed by atoms with Crippen molar-refractivity contribution in [3.63, 3.8) is 0 Å². The smallest absolute Gasteiger partial charge is 0.338 e. The van der Waals surface area contributed by atoms with E-state index in [-0.39, 0.29) is 12.1 Å². The van der Waals surface area contributed by atoms with E-state index in [0.29, 0.717) is 12.1 Å². The Balaban J connectivity index is 2.07. The zero-order valence-corrected chi connectivity index (χ0v) is 11.2. The maximum Gasteiger partial charge on any atom is 0.338 e. The highest BCUT2D eigenvalue weighted by Crippen LogP contribution is 2.26. The average Bonchev–Trinajstić information content (AvgIpc) is 2.92. The van der Waals surface area contributed by atoms with Crippen LogP contribution in [0.15, 0.2) is 30.5 Å². The molecule has 20 heavy (non-hydrogen) atoms. The van der Waals surface area contributed by atoms with Crippen molar-refractivity contribution in [2.75, 3.05) is 25.1 Å². The molecule has 1 N–H and O–H groups in total. The second kappa shape index (κ2) is 5.09. The van der Waals surface area contributed by atoms with Crippen molar-refractivity contribution in [3.05, 3.63) is 36.0 Å². The van der Waals surface area contributed by atoms with E-state index < -0.39 is 0 Å². The lowest BCUT2D eigenvalue weighted by Crippen LogP contribution is -2.21. The molecule has 0 amide bonds. The van der Waals surface area contributed by atoms with Gasteiger partial charge < -0.3 is 14.7 Å². The molecule has 1 fully saturated rings. The Morgan fingerprint density at radius 3 is 3.00 bits per heavy atom. The molecule has 2 aromatic rings. The van der Waals surface area contributed by atoms with Gasteiger partial charge in [-0.25, -0.2) is 4.79 Å². The molecule has 0 aliphatic carbocycles. The molecule has 1 aliphatic rings. The monoisotopic (exact) mass is 272 g/mol. The van der Waals surface area contributed by atoms with Gasteiger partial charge in [0, 0.05) is 30.4 Å². The first-order chi connectivity index (χ1) is 9.69. The number of aromatic nitrogens is 1. The van der Waals surface area contributed by atoms with Gasteiger partial charge in [-0.2, -0.15) is 0 Å². The number of carbonyl (C=O) groups excluding carboxylic acids is 1. The summed E-state index contributed by atoms with van der Waals surface area (Å²) >= 11 is 0. The molecule has 1 unspecified atom stereocenters. The summed E-state index contributed by atoms with van der Waals surface area (Å²) in [7, 11) is 1.37. The molecule has 1 aliphatic heterocycles. The molecule has 0 saturated carbocycles. The lowest BCUT2D eigenvalue weighted by molar-refractivity contribution is 0.0603. The Labute approximate surface area is 116 Å². The van der Waals surface area contributed by atoms with Gasteiger partial charge in [0.1, 0.15) is 0 Å². The number of nitrogens with zero attached hydrogens (tertiary/aromatic N) is 2. The second-order valence-electron chi connectivity index (χ2n) is 4.94. The standard InChI is InChI=1S/C15H16N2O3/c1-20-15(19)12-4-6-16-14-3-2-10(8-13(12)14)17-7-5-11(18)9-17/h2-4,6,8,11,18H,5,7,9H2,1H3. The van der Waals surface area contributed by atoms with Crippen LogP contribution in [0.1, 0.15) is 16.8 Å². The summed E-state index contributed by atoms with van der Waals surface area (Å²) in [4.78, 5) is 18.2. The lowest BCUT2D eigenvalue weighted by atomic mass is 10.1. The first kappa shape index (κ1) is 12.9. The summed E-state index contributed by atoms with van der Waals surface area (Å²) in [5.74, 6) is -0.365. The molecule has 1 saturated heterocycles. The maximum absolute atomic E-state index is 11.8. The van der Waals surface area contributed by atoms with Gasteiger partial charge >= 0.3 is 5.97 Å². The number of hydrogen-bond acceptors (Lipinski definition) is 5. The van der Waals surface area contributed by atoms with Crippen LogP contribution in [0.2, 0.25) is 0 Å². The van der Waals surface area contributed by atoms with E-state index in [9.17, 15) is 9.90 Å². The van der Waals surface area contributed by atoms with E-state index in [4.69, 9.17) is 4.74 Å². The third kappa shape index (κ3) is 2.20. The Morgan fingerprint density at radius 1 is 1.45 bits per heavy atom. The quantitative estimate of drug-likeness (QED) is 0.841. The molecule has 3 rings (SSSR count). The van der Waals surface area contributed by atoms with Gasteiger partial charge in [0.05, 0.1) is 24.3 Å². The van der Waals surface area contributed by atoms with Crippen LogP contribution in [0, 0.1) is 0 Å². The van der Waals surface area contributed by atoms with E-state index in [2.05, 4.69) is 9.88 Å². The Kier molecular flexibility index (Phi) is 3.28. The zero-order chi connectivity index (χ0) is 14.1. The molecule has 5 nitrogen and oxygen atoms in total. The Bertz CT molecular complexity index is 657. The van der Waals surface area contributed by atoms with Crippen LogP contribution < -0.4 is 4.90 Å². The van der Waals surface area contributed by atoms with Crippen molar-refractivity contribution in [1.29, 1.82) is 0 Å². The number of β-amino-alcohol motifs (C(OH)–C–C–N with tert-alkyl or cyclic N) is 1. The highest BCUT2D eigenvalue weighted by Gasteiger charge is 2.21. The summed E-state index contributed by atoms with van der Waals surface area (Å²) in [5.41, 5.74) is 2.27. The molecule has 2 heterocycles. The minimum atomic E-state index is -0.365. The third-order valence-corrected chi connectivity index (χ3v) is 3.66. The highest BCUT2D eigenvalue weighted by molar-refractivity contribution is 6.04. The van der Waals surface area contributed by atoms with Crippen LogP contribution in [-0.2, 0) is 4.74 Å². The van der Waals surface area contributed by atoms with E-state index in [0.717, 1.165) is 29.6 Å². The van der Waals surface area contributed by atoms with Crippen LogP contribution in [0.5, 0.6) is 0 Å². The molecule has 5 heteroatoms. The molecule has 1 aromatic heterocycles. The predicted octanol–water partition coefficient (Wildman–Crippen LogP) is 1.59. The van der Waals surface area contributed by atoms with Gasteiger partial charge in [0.15, 0.2) is 0 Å². The fourth-order valence-corrected chi connectivity index (χ4v) is 2.60. The Morgan fingerprint density at radius 2 is 2.30 bits per heavy atom. The predicted molar refractivity (Wildman–Crippen MR) is 75.9 cm³/mol. The van der Waals surface area contributed by atoms with Gasteiger partial charge in [-0.05, 0) is 30.7 Å². The summed E-state index contributed by atoms with van der Waals surface area (Å²) in [5, 5.41) is 10.4. The zero-order valence-electron chi connectivity index (χ0n) is 11.2. The number of fused-ring (bicyclic) bond motifs is 1. The van der Waals surface area contributed by atoms with Gasteiger partial charge in [-0.15, -0.1) is 0 Å². The highest BCUT2D eigenvalue weighted by atomic mass is 16.5. The third-order valence-electron chi connectivity index (χ3n) is 3.66. The molecule has 0 radical (unpaired) electrons. The van der Waals surface area contributed by atoms with Crippen LogP contribution >= 0.6 is 0 Å². The van der Waals surface area contributed by atoms with Gasteiger partial charge in [-0.3, -0.25) is 4.98 Å². The summed E-state index contributed by atoms with van der Waals surface area (Å²) < 4.78 is 4.81. The number of esters is 1. The summed E-state index contributed by atoms with van der Waals surface area (Å²) in [6.07, 6.45) is 2.10. The fourth-order valence-electron chi connectivity index (χ4n) is 2.60. The maximum atomic E-state index is 11.8. The van der Waals surface area contributed by atoms with E-state index >= 15 is 0 Å². The average molecular weight is 272 g/mol. The van der Waals surface area contributed by atoms with E-state index in [1.165, 1.54) is 7.11 Å². The van der Waals surface area contributed by atoms with Crippen LogP contribution in [0.4, 0.5) is 5.69 Å². The van der Waals surface area contributed by atoms with Gasteiger partial charge in [-0.1, -0.05) is 0 Å². The SMILES string of the molecule is COC(=O)c1ccnc2ccc(N3CCC(O)C3)cc12.